The fraction of sp³-hybridized carbons (Fsp3) is 0.167. The lowest BCUT2D eigenvalue weighted by Crippen LogP contribution is -2.25. The highest BCUT2D eigenvalue weighted by atomic mass is 35.5. The van der Waals surface area contributed by atoms with E-state index in [1.165, 1.54) is 37.3 Å². The van der Waals surface area contributed by atoms with Crippen LogP contribution in [0.25, 0.3) is 10.2 Å². The van der Waals surface area contributed by atoms with Crippen molar-refractivity contribution < 1.29 is 27.9 Å². The Morgan fingerprint density at radius 3 is 2.50 bits per heavy atom. The number of fused-ring (bicyclic) bond motifs is 1. The van der Waals surface area contributed by atoms with Crippen molar-refractivity contribution in [3.05, 3.63) is 63.4 Å². The Morgan fingerprint density at radius 1 is 1.21 bits per heavy atom. The quantitative estimate of drug-likeness (QED) is 0.653. The van der Waals surface area contributed by atoms with Gasteiger partial charge in [-0.05, 0) is 37.3 Å². The number of benzene rings is 2. The molecule has 0 spiro atoms. The number of hydrogen-bond acceptors (Lipinski definition) is 3. The van der Waals surface area contributed by atoms with E-state index in [1.54, 1.807) is 6.07 Å². The summed E-state index contributed by atoms with van der Waals surface area (Å²) in [5.41, 5.74) is -0.749. The molecule has 0 aliphatic rings. The predicted octanol–water partition coefficient (Wildman–Crippen LogP) is 4.76. The normalized spacial score (nSPS) is 13.7. The van der Waals surface area contributed by atoms with Gasteiger partial charge in [-0.15, -0.1) is 0 Å². The first-order chi connectivity index (χ1) is 13.1. The molecule has 1 atom stereocenters. The summed E-state index contributed by atoms with van der Waals surface area (Å²) in [4.78, 5) is 27.7. The number of thiazole rings is 1. The first-order valence-corrected chi connectivity index (χ1v) is 9.07. The number of rotatable bonds is 3. The Hall–Kier alpha value is -2.65. The van der Waals surface area contributed by atoms with Crippen molar-refractivity contribution in [3.63, 3.8) is 0 Å². The predicted molar refractivity (Wildman–Crippen MR) is 98.5 cm³/mol. The highest BCUT2D eigenvalue weighted by molar-refractivity contribution is 7.16. The van der Waals surface area contributed by atoms with Crippen LogP contribution in [0, 0.1) is 0 Å². The van der Waals surface area contributed by atoms with E-state index in [0.717, 1.165) is 10.6 Å². The minimum absolute atomic E-state index is 0.0346. The van der Waals surface area contributed by atoms with Gasteiger partial charge >= 0.3 is 12.1 Å². The number of carbonyl (C=O) groups excluding carboxylic acids is 1. The Labute approximate surface area is 165 Å². The van der Waals surface area contributed by atoms with Crippen LogP contribution in [0.15, 0.2) is 47.5 Å². The molecule has 0 saturated heterocycles. The Morgan fingerprint density at radius 2 is 1.89 bits per heavy atom. The Kier molecular flexibility index (Phi) is 5.31. The van der Waals surface area contributed by atoms with Crippen LogP contribution >= 0.6 is 22.9 Å². The zero-order chi connectivity index (χ0) is 20.6. The second kappa shape index (κ2) is 7.40. The summed E-state index contributed by atoms with van der Waals surface area (Å²) in [5, 5.41) is 9.67. The summed E-state index contributed by atoms with van der Waals surface area (Å²) in [7, 11) is 0. The van der Waals surface area contributed by atoms with E-state index in [4.69, 9.17) is 11.6 Å². The van der Waals surface area contributed by atoms with E-state index in [-0.39, 0.29) is 20.6 Å². The van der Waals surface area contributed by atoms with Gasteiger partial charge in [-0.25, -0.2) is 4.79 Å². The Balaban J connectivity index is 2.30. The van der Waals surface area contributed by atoms with Gasteiger partial charge in [0, 0.05) is 10.6 Å². The maximum Gasteiger partial charge on any atom is 0.417 e. The average Bonchev–Trinajstić information content (AvgIpc) is 2.97. The van der Waals surface area contributed by atoms with E-state index >= 15 is 0 Å². The highest BCUT2D eigenvalue weighted by Gasteiger charge is 2.34. The van der Waals surface area contributed by atoms with Crippen LogP contribution in [0.3, 0.4) is 0 Å². The van der Waals surface area contributed by atoms with Crippen LogP contribution < -0.4 is 4.80 Å². The summed E-state index contributed by atoms with van der Waals surface area (Å²) < 4.78 is 41.0. The van der Waals surface area contributed by atoms with Gasteiger partial charge in [0.25, 0.3) is 5.91 Å². The standard InChI is InChI=1S/C18H12ClF3N2O3S/c1-9(16(26)27)24-13-7-3-6-12(18(20,21)22)14(13)28-17(24)23-15(25)10-4-2-5-11(19)8-10/h2-9H,1H3,(H,26,27). The maximum absolute atomic E-state index is 13.4. The number of amides is 1. The lowest BCUT2D eigenvalue weighted by Gasteiger charge is -2.11. The monoisotopic (exact) mass is 428 g/mol. The van der Waals surface area contributed by atoms with E-state index in [1.807, 2.05) is 0 Å². The van der Waals surface area contributed by atoms with Gasteiger partial charge in [0.2, 0.25) is 0 Å². The molecule has 0 saturated carbocycles. The van der Waals surface area contributed by atoms with E-state index in [2.05, 4.69) is 4.99 Å². The number of aliphatic carboxylic acids is 1. The van der Waals surface area contributed by atoms with Gasteiger partial charge in [0.1, 0.15) is 6.04 Å². The molecule has 3 rings (SSSR count). The van der Waals surface area contributed by atoms with Gasteiger partial charge in [-0.1, -0.05) is 35.1 Å². The van der Waals surface area contributed by atoms with Crippen LogP contribution in [-0.2, 0) is 11.0 Å². The lowest BCUT2D eigenvalue weighted by atomic mass is 10.2. The summed E-state index contributed by atoms with van der Waals surface area (Å²) in [6.45, 7) is 1.30. The van der Waals surface area contributed by atoms with Crippen molar-refractivity contribution in [1.82, 2.24) is 4.57 Å². The van der Waals surface area contributed by atoms with Crippen LogP contribution in [0.4, 0.5) is 13.2 Å². The first kappa shape index (κ1) is 20.1. The van der Waals surface area contributed by atoms with Crippen LogP contribution in [0.1, 0.15) is 28.9 Å². The molecule has 146 valence electrons. The zero-order valence-electron chi connectivity index (χ0n) is 14.2. The smallest absolute Gasteiger partial charge is 0.417 e. The lowest BCUT2D eigenvalue weighted by molar-refractivity contribution is -0.140. The highest BCUT2D eigenvalue weighted by Crippen LogP contribution is 2.36. The first-order valence-electron chi connectivity index (χ1n) is 7.88. The van der Waals surface area contributed by atoms with E-state index in [9.17, 15) is 27.9 Å². The van der Waals surface area contributed by atoms with Gasteiger partial charge in [0.05, 0.1) is 15.8 Å². The van der Waals surface area contributed by atoms with Crippen molar-refractivity contribution in [1.29, 1.82) is 0 Å². The minimum Gasteiger partial charge on any atom is -0.480 e. The van der Waals surface area contributed by atoms with Gasteiger partial charge in [0.15, 0.2) is 4.80 Å². The van der Waals surface area contributed by atoms with E-state index in [0.29, 0.717) is 16.4 Å². The third kappa shape index (κ3) is 3.81. The molecule has 3 aromatic rings. The molecule has 1 aromatic heterocycles. The molecule has 2 aromatic carbocycles. The zero-order valence-corrected chi connectivity index (χ0v) is 15.8. The van der Waals surface area contributed by atoms with Crippen molar-refractivity contribution in [2.45, 2.75) is 19.1 Å². The topological polar surface area (TPSA) is 71.7 Å². The third-order valence-electron chi connectivity index (χ3n) is 3.97. The molecule has 10 heteroatoms. The SMILES string of the molecule is CC(C(=O)O)n1c(=NC(=O)c2cccc(Cl)c2)sc2c(C(F)(F)F)cccc21. The summed E-state index contributed by atoms with van der Waals surface area (Å²) in [5.74, 6) is -2.01. The van der Waals surface area contributed by atoms with E-state index < -0.39 is 29.7 Å². The molecule has 0 aliphatic carbocycles. The van der Waals surface area contributed by atoms with Crippen molar-refractivity contribution in [2.75, 3.05) is 0 Å². The maximum atomic E-state index is 13.4. The van der Waals surface area contributed by atoms with Crippen LogP contribution in [0.5, 0.6) is 0 Å². The number of halogens is 4. The Bertz CT molecular complexity index is 1150. The second-order valence-corrected chi connectivity index (χ2v) is 7.26. The fourth-order valence-corrected chi connectivity index (χ4v) is 4.04. The summed E-state index contributed by atoms with van der Waals surface area (Å²) in [6.07, 6.45) is -4.64. The molecule has 5 nitrogen and oxygen atoms in total. The van der Waals surface area contributed by atoms with Gasteiger partial charge < -0.3 is 9.67 Å². The van der Waals surface area contributed by atoms with Crippen molar-refractivity contribution in [2.24, 2.45) is 4.99 Å². The third-order valence-corrected chi connectivity index (χ3v) is 5.31. The average molecular weight is 429 g/mol. The molecule has 28 heavy (non-hydrogen) atoms. The van der Waals surface area contributed by atoms with Crippen molar-refractivity contribution >= 4 is 45.0 Å². The molecule has 1 amide bonds. The molecular weight excluding hydrogens is 417 g/mol. The molecule has 0 bridgehead atoms. The fourth-order valence-electron chi connectivity index (χ4n) is 2.62. The number of hydrogen-bond donors (Lipinski definition) is 1. The number of alkyl halides is 3. The largest absolute Gasteiger partial charge is 0.480 e. The van der Waals surface area contributed by atoms with Gasteiger partial charge in [-0.3, -0.25) is 4.79 Å². The molecule has 1 heterocycles. The van der Waals surface area contributed by atoms with Crippen LogP contribution in [0.2, 0.25) is 5.02 Å². The number of carboxylic acids is 1. The van der Waals surface area contributed by atoms with Crippen molar-refractivity contribution in [3.8, 4) is 0 Å². The summed E-state index contributed by atoms with van der Waals surface area (Å²) in [6, 6.07) is 8.13. The number of aromatic nitrogens is 1. The summed E-state index contributed by atoms with van der Waals surface area (Å²) >= 11 is 6.46. The van der Waals surface area contributed by atoms with Gasteiger partial charge in [-0.2, -0.15) is 18.2 Å². The number of nitrogens with zero attached hydrogens (tertiary/aromatic N) is 2. The molecule has 0 aliphatic heterocycles. The molecular formula is C18H12ClF3N2O3S. The molecule has 1 unspecified atom stereocenters. The molecule has 0 fully saturated rings. The minimum atomic E-state index is -4.64. The molecule has 1 N–H and O–H groups in total. The number of carboxylic acid groups (broad SMARTS) is 1. The number of carbonyl (C=O) groups is 2. The molecule has 0 radical (unpaired) electrons. The van der Waals surface area contributed by atoms with Crippen LogP contribution in [-0.4, -0.2) is 21.6 Å². The second-order valence-electron chi connectivity index (χ2n) is 5.85.